The average molecular weight is 396 g/mol. The van der Waals surface area contributed by atoms with Crippen molar-refractivity contribution in [3.63, 3.8) is 0 Å². The van der Waals surface area contributed by atoms with Crippen LogP contribution in [0.5, 0.6) is 0 Å². The fraction of sp³-hybridized carbons (Fsp3) is 0.312. The molecule has 142 valence electrons. The van der Waals surface area contributed by atoms with E-state index in [1.54, 1.807) is 6.07 Å². The number of aromatic nitrogens is 3. The Morgan fingerprint density at radius 1 is 1.15 bits per heavy atom. The minimum absolute atomic E-state index is 0.00395. The molecule has 27 heavy (non-hydrogen) atoms. The van der Waals surface area contributed by atoms with Crippen molar-refractivity contribution in [1.29, 1.82) is 0 Å². The SMILES string of the molecule is O=S(=O)(Cc1cc(F)ccc1F)NCc1nc(-c2cc(C3CC3)on2)no1. The van der Waals surface area contributed by atoms with E-state index in [9.17, 15) is 17.2 Å². The normalized spacial score (nSPS) is 14.6. The van der Waals surface area contributed by atoms with Gasteiger partial charge in [0, 0.05) is 17.5 Å². The monoisotopic (exact) mass is 396 g/mol. The minimum Gasteiger partial charge on any atom is -0.360 e. The first-order valence-corrected chi connectivity index (χ1v) is 9.76. The summed E-state index contributed by atoms with van der Waals surface area (Å²) in [4.78, 5) is 4.05. The minimum atomic E-state index is -3.94. The summed E-state index contributed by atoms with van der Waals surface area (Å²) in [5.74, 6) is -0.922. The van der Waals surface area contributed by atoms with Crippen molar-refractivity contribution in [3.8, 4) is 11.5 Å². The molecule has 1 aliphatic carbocycles. The number of hydrogen-bond donors (Lipinski definition) is 1. The first-order valence-electron chi connectivity index (χ1n) is 8.10. The molecule has 0 bridgehead atoms. The van der Waals surface area contributed by atoms with Gasteiger partial charge >= 0.3 is 0 Å². The van der Waals surface area contributed by atoms with Gasteiger partial charge in [0.2, 0.25) is 21.7 Å². The van der Waals surface area contributed by atoms with Gasteiger partial charge in [-0.05, 0) is 31.0 Å². The lowest BCUT2D eigenvalue weighted by Gasteiger charge is -2.06. The van der Waals surface area contributed by atoms with Crippen molar-refractivity contribution < 1.29 is 26.2 Å². The molecule has 11 heteroatoms. The van der Waals surface area contributed by atoms with E-state index < -0.39 is 27.4 Å². The van der Waals surface area contributed by atoms with E-state index in [1.807, 2.05) is 0 Å². The summed E-state index contributed by atoms with van der Waals surface area (Å²) < 4.78 is 63.3. The smallest absolute Gasteiger partial charge is 0.242 e. The average Bonchev–Trinajstić information content (AvgIpc) is 3.17. The van der Waals surface area contributed by atoms with Crippen LogP contribution in [0.2, 0.25) is 0 Å². The lowest BCUT2D eigenvalue weighted by molar-refractivity contribution is 0.373. The Morgan fingerprint density at radius 3 is 2.74 bits per heavy atom. The molecule has 8 nitrogen and oxygen atoms in total. The van der Waals surface area contributed by atoms with Crippen LogP contribution in [0, 0.1) is 11.6 Å². The van der Waals surface area contributed by atoms with Crippen LogP contribution >= 0.6 is 0 Å². The summed E-state index contributed by atoms with van der Waals surface area (Å²) >= 11 is 0. The zero-order valence-corrected chi connectivity index (χ0v) is 14.7. The number of nitrogens with one attached hydrogen (secondary N) is 1. The molecule has 1 aliphatic rings. The molecule has 2 aromatic heterocycles. The largest absolute Gasteiger partial charge is 0.360 e. The number of halogens is 2. The second-order valence-corrected chi connectivity index (χ2v) is 8.02. The van der Waals surface area contributed by atoms with Crippen LogP contribution in [0.3, 0.4) is 0 Å². The van der Waals surface area contributed by atoms with E-state index >= 15 is 0 Å². The second kappa shape index (κ2) is 6.82. The highest BCUT2D eigenvalue weighted by Gasteiger charge is 2.28. The van der Waals surface area contributed by atoms with Crippen LogP contribution in [-0.4, -0.2) is 23.7 Å². The summed E-state index contributed by atoms with van der Waals surface area (Å²) in [6.45, 7) is -0.292. The van der Waals surface area contributed by atoms with Crippen LogP contribution in [-0.2, 0) is 22.3 Å². The topological polar surface area (TPSA) is 111 Å². The summed E-state index contributed by atoms with van der Waals surface area (Å²) in [6, 6.07) is 4.35. The number of hydrogen-bond acceptors (Lipinski definition) is 7. The highest BCUT2D eigenvalue weighted by atomic mass is 32.2. The zero-order valence-electron chi connectivity index (χ0n) is 13.9. The Hall–Kier alpha value is -2.66. The number of rotatable bonds is 7. The van der Waals surface area contributed by atoms with Gasteiger partial charge in [0.25, 0.3) is 0 Å². The first-order chi connectivity index (χ1) is 12.9. The third-order valence-electron chi connectivity index (χ3n) is 4.00. The van der Waals surface area contributed by atoms with Crippen LogP contribution < -0.4 is 4.72 Å². The van der Waals surface area contributed by atoms with Gasteiger partial charge < -0.3 is 9.05 Å². The van der Waals surface area contributed by atoms with Gasteiger partial charge in [-0.25, -0.2) is 21.9 Å². The second-order valence-electron chi connectivity index (χ2n) is 6.22. The van der Waals surface area contributed by atoms with E-state index in [1.165, 1.54) is 0 Å². The molecule has 0 radical (unpaired) electrons. The fourth-order valence-corrected chi connectivity index (χ4v) is 3.54. The van der Waals surface area contributed by atoms with Gasteiger partial charge in [0.05, 0.1) is 12.3 Å². The molecule has 0 amide bonds. The number of benzene rings is 1. The Bertz CT molecular complexity index is 1080. The van der Waals surface area contributed by atoms with Crippen molar-refractivity contribution in [3.05, 3.63) is 53.1 Å². The molecule has 4 rings (SSSR count). The van der Waals surface area contributed by atoms with Gasteiger partial charge in [-0.2, -0.15) is 4.98 Å². The maximum atomic E-state index is 13.6. The van der Waals surface area contributed by atoms with Gasteiger partial charge in [0.15, 0.2) is 5.69 Å². The van der Waals surface area contributed by atoms with E-state index in [2.05, 4.69) is 20.0 Å². The molecule has 1 saturated carbocycles. The zero-order chi connectivity index (χ0) is 19.0. The van der Waals surface area contributed by atoms with Gasteiger partial charge in [-0.3, -0.25) is 0 Å². The molecular formula is C16H14F2N4O4S. The number of sulfonamides is 1. The Kier molecular flexibility index (Phi) is 4.48. The van der Waals surface area contributed by atoms with Gasteiger partial charge in [-0.15, -0.1) is 0 Å². The molecular weight excluding hydrogens is 382 g/mol. The molecule has 1 fully saturated rings. The van der Waals surface area contributed by atoms with E-state index in [0.717, 1.165) is 36.8 Å². The third-order valence-corrected chi connectivity index (χ3v) is 5.28. The van der Waals surface area contributed by atoms with E-state index in [4.69, 9.17) is 9.05 Å². The highest BCUT2D eigenvalue weighted by molar-refractivity contribution is 7.88. The quantitative estimate of drug-likeness (QED) is 0.653. The molecule has 0 spiro atoms. The molecule has 0 unspecified atom stereocenters. The van der Waals surface area contributed by atoms with Gasteiger partial charge in [-0.1, -0.05) is 10.3 Å². The standard InChI is InChI=1S/C16H14F2N4O4S/c17-11-3-4-12(18)10(5-11)8-27(23,24)19-7-15-20-16(22-26-15)13-6-14(25-21-13)9-1-2-9/h3-6,9,19H,1-2,7-8H2. The van der Waals surface area contributed by atoms with E-state index in [-0.39, 0.29) is 23.8 Å². The van der Waals surface area contributed by atoms with Gasteiger partial charge in [0.1, 0.15) is 17.4 Å². The molecule has 0 saturated heterocycles. The van der Waals surface area contributed by atoms with Crippen molar-refractivity contribution in [1.82, 2.24) is 20.0 Å². The summed E-state index contributed by atoms with van der Waals surface area (Å²) in [6.07, 6.45) is 2.11. The number of nitrogens with zero attached hydrogens (tertiary/aromatic N) is 3. The fourth-order valence-electron chi connectivity index (χ4n) is 2.47. The molecule has 2 heterocycles. The first kappa shape index (κ1) is 17.7. The molecule has 3 aromatic rings. The Balaban J connectivity index is 1.40. The highest BCUT2D eigenvalue weighted by Crippen LogP contribution is 2.40. The lowest BCUT2D eigenvalue weighted by Crippen LogP contribution is -2.25. The molecule has 0 atom stereocenters. The third kappa shape index (κ3) is 4.19. The lowest BCUT2D eigenvalue weighted by atomic mass is 10.2. The summed E-state index contributed by atoms with van der Waals surface area (Å²) in [5, 5.41) is 7.60. The predicted molar refractivity (Wildman–Crippen MR) is 87.6 cm³/mol. The Morgan fingerprint density at radius 2 is 1.96 bits per heavy atom. The van der Waals surface area contributed by atoms with Crippen molar-refractivity contribution in [2.24, 2.45) is 0 Å². The molecule has 1 aromatic carbocycles. The predicted octanol–water partition coefficient (Wildman–Crippen LogP) is 2.50. The van der Waals surface area contributed by atoms with Crippen LogP contribution in [0.1, 0.15) is 36.0 Å². The summed E-state index contributed by atoms with van der Waals surface area (Å²) in [5.41, 5.74) is 0.125. The molecule has 0 aliphatic heterocycles. The van der Waals surface area contributed by atoms with Crippen molar-refractivity contribution >= 4 is 10.0 Å². The maximum Gasteiger partial charge on any atom is 0.242 e. The van der Waals surface area contributed by atoms with Crippen LogP contribution in [0.25, 0.3) is 11.5 Å². The summed E-state index contributed by atoms with van der Waals surface area (Å²) in [7, 11) is -3.94. The molecule has 1 N–H and O–H groups in total. The van der Waals surface area contributed by atoms with Crippen molar-refractivity contribution in [2.45, 2.75) is 31.1 Å². The Labute approximate surface area is 152 Å². The van der Waals surface area contributed by atoms with Crippen LogP contribution in [0.15, 0.2) is 33.3 Å². The van der Waals surface area contributed by atoms with Crippen LogP contribution in [0.4, 0.5) is 8.78 Å². The van der Waals surface area contributed by atoms with E-state index in [0.29, 0.717) is 11.6 Å². The van der Waals surface area contributed by atoms with Crippen molar-refractivity contribution in [2.75, 3.05) is 0 Å². The maximum absolute atomic E-state index is 13.6.